The summed E-state index contributed by atoms with van der Waals surface area (Å²) in [5, 5.41) is 6.63. The summed E-state index contributed by atoms with van der Waals surface area (Å²) < 4.78 is 0. The lowest BCUT2D eigenvalue weighted by atomic mass is 10.1. The Hall–Kier alpha value is -2.08. The number of likely N-dealkylation sites (N-methyl/N-ethyl adjacent to an activating group) is 1. The Bertz CT molecular complexity index is 553. The molecule has 1 atom stereocenters. The minimum Gasteiger partial charge on any atom is -0.355 e. The number of hydrogen-bond acceptors (Lipinski definition) is 3. The van der Waals surface area contributed by atoms with Gasteiger partial charge in [0.2, 0.25) is 0 Å². The summed E-state index contributed by atoms with van der Waals surface area (Å²) in [6, 6.07) is 8.23. The third kappa shape index (κ3) is 7.13. The van der Waals surface area contributed by atoms with E-state index in [2.05, 4.69) is 41.4 Å². The molecule has 0 aromatic heterocycles. The fraction of sp³-hybridized carbons (Fsp3) is 0.579. The second-order valence-corrected chi connectivity index (χ2v) is 6.49. The molecule has 0 bridgehead atoms. The van der Waals surface area contributed by atoms with Crippen molar-refractivity contribution >= 4 is 11.9 Å². The number of nitrogens with zero attached hydrogens (tertiary/aromatic N) is 3. The molecule has 0 aliphatic rings. The third-order valence-corrected chi connectivity index (χ3v) is 4.39. The molecule has 0 saturated heterocycles. The molecule has 1 aromatic carbocycles. The van der Waals surface area contributed by atoms with Gasteiger partial charge in [-0.2, -0.15) is 0 Å². The highest BCUT2D eigenvalue weighted by Gasteiger charge is 2.08. The average Bonchev–Trinajstić information content (AvgIpc) is 2.63. The van der Waals surface area contributed by atoms with Gasteiger partial charge in [0.15, 0.2) is 5.96 Å². The SMILES string of the molecule is CCC(C)N(C)CCNC(=NC)NCc1ccc(C(=O)N(C)C)cc1. The Balaban J connectivity index is 2.43. The molecule has 1 aromatic rings. The molecule has 1 amide bonds. The molecule has 0 aliphatic carbocycles. The smallest absolute Gasteiger partial charge is 0.253 e. The summed E-state index contributed by atoms with van der Waals surface area (Å²) in [5.41, 5.74) is 1.80. The molecular weight excluding hydrogens is 314 g/mol. The lowest BCUT2D eigenvalue weighted by Crippen LogP contribution is -2.42. The van der Waals surface area contributed by atoms with Gasteiger partial charge in [0.25, 0.3) is 5.91 Å². The van der Waals surface area contributed by atoms with E-state index < -0.39 is 0 Å². The molecule has 0 heterocycles. The van der Waals surface area contributed by atoms with Gasteiger partial charge in [-0.3, -0.25) is 9.79 Å². The molecule has 6 nitrogen and oxygen atoms in total. The zero-order valence-electron chi connectivity index (χ0n) is 16.5. The Labute approximate surface area is 152 Å². The molecule has 140 valence electrons. The van der Waals surface area contributed by atoms with Crippen molar-refractivity contribution in [2.75, 3.05) is 41.3 Å². The maximum atomic E-state index is 11.9. The van der Waals surface area contributed by atoms with Crippen LogP contribution in [0.4, 0.5) is 0 Å². The molecule has 0 radical (unpaired) electrons. The number of hydrogen-bond donors (Lipinski definition) is 2. The number of rotatable bonds is 8. The van der Waals surface area contributed by atoms with Gasteiger partial charge in [0, 0.05) is 52.4 Å². The fourth-order valence-electron chi connectivity index (χ4n) is 2.31. The minimum absolute atomic E-state index is 0.0161. The first-order valence-corrected chi connectivity index (χ1v) is 8.84. The Morgan fingerprint density at radius 1 is 1.16 bits per heavy atom. The van der Waals surface area contributed by atoms with Crippen molar-refractivity contribution < 1.29 is 4.79 Å². The van der Waals surface area contributed by atoms with E-state index in [9.17, 15) is 4.79 Å². The Morgan fingerprint density at radius 2 is 1.80 bits per heavy atom. The second kappa shape index (κ2) is 10.7. The summed E-state index contributed by atoms with van der Waals surface area (Å²) >= 11 is 0. The Morgan fingerprint density at radius 3 is 2.32 bits per heavy atom. The van der Waals surface area contributed by atoms with Gasteiger partial charge in [-0.05, 0) is 38.1 Å². The van der Waals surface area contributed by atoms with Crippen molar-refractivity contribution in [1.29, 1.82) is 0 Å². The molecule has 6 heteroatoms. The van der Waals surface area contributed by atoms with Crippen LogP contribution in [0.15, 0.2) is 29.3 Å². The van der Waals surface area contributed by atoms with E-state index in [1.165, 1.54) is 0 Å². The van der Waals surface area contributed by atoms with Crippen LogP contribution in [0.3, 0.4) is 0 Å². The van der Waals surface area contributed by atoms with Gasteiger partial charge in [-0.1, -0.05) is 19.1 Å². The van der Waals surface area contributed by atoms with Gasteiger partial charge < -0.3 is 20.4 Å². The molecule has 1 rings (SSSR count). The van der Waals surface area contributed by atoms with Crippen molar-refractivity contribution in [2.24, 2.45) is 4.99 Å². The first-order chi connectivity index (χ1) is 11.9. The second-order valence-electron chi connectivity index (χ2n) is 6.49. The molecular formula is C19H33N5O. The number of carbonyl (C=O) groups excluding carboxylic acids is 1. The molecule has 0 fully saturated rings. The predicted octanol–water partition coefficient (Wildman–Crippen LogP) is 1.78. The molecule has 0 spiro atoms. The maximum absolute atomic E-state index is 11.9. The number of carbonyl (C=O) groups is 1. The van der Waals surface area contributed by atoms with Crippen molar-refractivity contribution in [1.82, 2.24) is 20.4 Å². The van der Waals surface area contributed by atoms with Crippen molar-refractivity contribution in [3.05, 3.63) is 35.4 Å². The number of aliphatic imine (C=N–C) groups is 1. The summed E-state index contributed by atoms with van der Waals surface area (Å²) in [6.45, 7) is 6.91. The quantitative estimate of drug-likeness (QED) is 0.556. The summed E-state index contributed by atoms with van der Waals surface area (Å²) in [6.07, 6.45) is 1.15. The lowest BCUT2D eigenvalue weighted by molar-refractivity contribution is 0.0827. The lowest BCUT2D eigenvalue weighted by Gasteiger charge is -2.24. The van der Waals surface area contributed by atoms with Gasteiger partial charge in [-0.25, -0.2) is 0 Å². The highest BCUT2D eigenvalue weighted by molar-refractivity contribution is 5.93. The van der Waals surface area contributed by atoms with Crippen LogP contribution in [0.25, 0.3) is 0 Å². The monoisotopic (exact) mass is 347 g/mol. The molecule has 1 unspecified atom stereocenters. The maximum Gasteiger partial charge on any atom is 0.253 e. The van der Waals surface area contributed by atoms with Gasteiger partial charge in [0.05, 0.1) is 0 Å². The number of nitrogens with one attached hydrogen (secondary N) is 2. The average molecular weight is 348 g/mol. The summed E-state index contributed by atoms with van der Waals surface area (Å²) in [4.78, 5) is 20.1. The van der Waals surface area contributed by atoms with Crippen LogP contribution < -0.4 is 10.6 Å². The predicted molar refractivity (Wildman–Crippen MR) is 105 cm³/mol. The highest BCUT2D eigenvalue weighted by atomic mass is 16.2. The highest BCUT2D eigenvalue weighted by Crippen LogP contribution is 2.06. The topological polar surface area (TPSA) is 60.0 Å². The Kier molecular flexibility index (Phi) is 8.99. The van der Waals surface area contributed by atoms with E-state index in [-0.39, 0.29) is 5.91 Å². The van der Waals surface area contributed by atoms with E-state index in [1.807, 2.05) is 24.3 Å². The van der Waals surface area contributed by atoms with Crippen LogP contribution >= 0.6 is 0 Å². The first kappa shape index (κ1) is 21.0. The zero-order chi connectivity index (χ0) is 18.8. The van der Waals surface area contributed by atoms with Crippen LogP contribution in [0.5, 0.6) is 0 Å². The van der Waals surface area contributed by atoms with Crippen LogP contribution in [0.2, 0.25) is 0 Å². The normalized spacial score (nSPS) is 12.8. The molecule has 0 saturated carbocycles. The minimum atomic E-state index is 0.0161. The van der Waals surface area contributed by atoms with Gasteiger partial charge >= 0.3 is 0 Å². The number of guanidine groups is 1. The standard InChI is InChI=1S/C19H33N5O/c1-7-15(2)24(6)13-12-21-19(20-3)22-14-16-8-10-17(11-9-16)18(25)23(4)5/h8-11,15H,7,12-14H2,1-6H3,(H2,20,21,22). The summed E-state index contributed by atoms with van der Waals surface area (Å²) in [5.74, 6) is 0.799. The molecule has 0 aliphatic heterocycles. The van der Waals surface area contributed by atoms with Crippen LogP contribution in [-0.2, 0) is 6.54 Å². The third-order valence-electron chi connectivity index (χ3n) is 4.39. The van der Waals surface area contributed by atoms with Crippen LogP contribution in [0.1, 0.15) is 36.2 Å². The van der Waals surface area contributed by atoms with E-state index >= 15 is 0 Å². The number of amides is 1. The first-order valence-electron chi connectivity index (χ1n) is 8.84. The van der Waals surface area contributed by atoms with Crippen LogP contribution in [0, 0.1) is 0 Å². The summed E-state index contributed by atoms with van der Waals surface area (Å²) in [7, 11) is 7.42. The van der Waals surface area contributed by atoms with E-state index in [0.29, 0.717) is 18.2 Å². The van der Waals surface area contributed by atoms with E-state index in [4.69, 9.17) is 0 Å². The van der Waals surface area contributed by atoms with Crippen molar-refractivity contribution in [2.45, 2.75) is 32.9 Å². The zero-order valence-corrected chi connectivity index (χ0v) is 16.5. The largest absolute Gasteiger partial charge is 0.355 e. The van der Waals surface area contributed by atoms with Gasteiger partial charge in [0.1, 0.15) is 0 Å². The fourth-order valence-corrected chi connectivity index (χ4v) is 2.31. The number of benzene rings is 1. The van der Waals surface area contributed by atoms with Gasteiger partial charge in [-0.15, -0.1) is 0 Å². The van der Waals surface area contributed by atoms with Crippen molar-refractivity contribution in [3.63, 3.8) is 0 Å². The van der Waals surface area contributed by atoms with E-state index in [0.717, 1.165) is 31.0 Å². The molecule has 25 heavy (non-hydrogen) atoms. The van der Waals surface area contributed by atoms with Crippen molar-refractivity contribution in [3.8, 4) is 0 Å². The van der Waals surface area contributed by atoms with E-state index in [1.54, 1.807) is 26.0 Å². The molecule has 2 N–H and O–H groups in total. The van der Waals surface area contributed by atoms with Crippen LogP contribution in [-0.4, -0.2) is 69.0 Å².